The van der Waals surface area contributed by atoms with Gasteiger partial charge in [-0.15, -0.1) is 0 Å². The number of nitrogens with zero attached hydrogens (tertiary/aromatic N) is 2. The molecule has 0 aliphatic heterocycles. The van der Waals surface area contributed by atoms with Crippen molar-refractivity contribution in [2.24, 2.45) is 5.92 Å². The molecule has 0 spiro atoms. The molecule has 0 saturated heterocycles. The van der Waals surface area contributed by atoms with Crippen LogP contribution in [-0.4, -0.2) is 21.4 Å². The molecule has 1 aromatic carbocycles. The van der Waals surface area contributed by atoms with Gasteiger partial charge in [-0.3, -0.25) is 0 Å². The fraction of sp³-hybridized carbons (Fsp3) is 0.500. The Hall–Kier alpha value is -1.75. The molecule has 1 fully saturated rings. The Morgan fingerprint density at radius 2 is 2.14 bits per heavy atom. The number of hydrogen-bond donors (Lipinski definition) is 1. The average Bonchev–Trinajstić information content (AvgIpc) is 3.12. The van der Waals surface area contributed by atoms with Gasteiger partial charge in [0.15, 0.2) is 0 Å². The molecule has 2 aromatic rings. The van der Waals surface area contributed by atoms with Gasteiger partial charge >= 0.3 is 0 Å². The van der Waals surface area contributed by atoms with Gasteiger partial charge in [-0.2, -0.15) is 4.98 Å². The molecule has 1 aromatic heterocycles. The van der Waals surface area contributed by atoms with Gasteiger partial charge in [0, 0.05) is 5.56 Å². The number of rotatable bonds is 4. The van der Waals surface area contributed by atoms with Crippen molar-refractivity contribution in [3.63, 3.8) is 0 Å². The minimum atomic E-state index is -0.435. The first kappa shape index (κ1) is 14.2. The Balaban J connectivity index is 1.72. The van der Waals surface area contributed by atoms with E-state index in [0.29, 0.717) is 35.2 Å². The topological polar surface area (TPSA) is 59.2 Å². The van der Waals surface area contributed by atoms with E-state index in [9.17, 15) is 9.50 Å². The van der Waals surface area contributed by atoms with Crippen LogP contribution in [0.1, 0.15) is 37.1 Å². The van der Waals surface area contributed by atoms with Crippen LogP contribution in [0.4, 0.5) is 4.39 Å². The Bertz CT molecular complexity index is 620. The molecular weight excluding hydrogens is 271 g/mol. The molecular formula is C16H19FN2O2. The summed E-state index contributed by atoms with van der Waals surface area (Å²) in [4.78, 5) is 4.26. The standard InChI is InChI=1S/C16H19FN2O2/c1-10-6-7-12(8-13(10)17)16-18-15(21-19-16)9-14(20)11-4-2-3-5-11/h6-8,11,14,20H,2-5,9H2,1H3. The van der Waals surface area contributed by atoms with E-state index in [-0.39, 0.29) is 5.82 Å². The van der Waals surface area contributed by atoms with Crippen molar-refractivity contribution < 1.29 is 14.0 Å². The molecule has 1 aliphatic rings. The Kier molecular flexibility index (Phi) is 4.01. The van der Waals surface area contributed by atoms with Crippen LogP contribution < -0.4 is 0 Å². The SMILES string of the molecule is Cc1ccc(-c2noc(CC(O)C3CCCC3)n2)cc1F. The van der Waals surface area contributed by atoms with Crippen molar-refractivity contribution in [3.05, 3.63) is 35.5 Å². The first-order chi connectivity index (χ1) is 10.1. The van der Waals surface area contributed by atoms with Crippen molar-refractivity contribution in [1.29, 1.82) is 0 Å². The van der Waals surface area contributed by atoms with Crippen LogP contribution in [0.15, 0.2) is 22.7 Å². The van der Waals surface area contributed by atoms with Crippen molar-refractivity contribution in [2.75, 3.05) is 0 Å². The van der Waals surface area contributed by atoms with E-state index in [1.807, 2.05) is 0 Å². The lowest BCUT2D eigenvalue weighted by atomic mass is 9.98. The normalized spacial score (nSPS) is 17.3. The maximum absolute atomic E-state index is 13.6. The average molecular weight is 290 g/mol. The zero-order valence-electron chi connectivity index (χ0n) is 12.1. The molecule has 0 radical (unpaired) electrons. The highest BCUT2D eigenvalue weighted by Crippen LogP contribution is 2.29. The molecule has 5 heteroatoms. The van der Waals surface area contributed by atoms with E-state index in [1.165, 1.54) is 18.9 Å². The van der Waals surface area contributed by atoms with Crippen LogP contribution in [-0.2, 0) is 6.42 Å². The van der Waals surface area contributed by atoms with Gasteiger partial charge in [-0.05, 0) is 37.3 Å². The summed E-state index contributed by atoms with van der Waals surface area (Å²) in [6, 6.07) is 4.85. The minimum absolute atomic E-state index is 0.287. The first-order valence-corrected chi connectivity index (χ1v) is 7.40. The van der Waals surface area contributed by atoms with E-state index in [1.54, 1.807) is 19.1 Å². The molecule has 1 aliphatic carbocycles. The molecule has 1 atom stereocenters. The van der Waals surface area contributed by atoms with Crippen LogP contribution in [0.2, 0.25) is 0 Å². The Morgan fingerprint density at radius 1 is 1.38 bits per heavy atom. The predicted molar refractivity (Wildman–Crippen MR) is 76.1 cm³/mol. The lowest BCUT2D eigenvalue weighted by molar-refractivity contribution is 0.102. The van der Waals surface area contributed by atoms with E-state index in [0.717, 1.165) is 12.8 Å². The Labute approximate surface area is 123 Å². The molecule has 0 bridgehead atoms. The molecule has 1 N–H and O–H groups in total. The Morgan fingerprint density at radius 3 is 2.86 bits per heavy atom. The van der Waals surface area contributed by atoms with Crippen LogP contribution in [0.5, 0.6) is 0 Å². The van der Waals surface area contributed by atoms with Crippen molar-refractivity contribution in [3.8, 4) is 11.4 Å². The van der Waals surface area contributed by atoms with E-state index in [2.05, 4.69) is 10.1 Å². The van der Waals surface area contributed by atoms with Crippen molar-refractivity contribution >= 4 is 0 Å². The fourth-order valence-corrected chi connectivity index (χ4v) is 2.87. The number of aliphatic hydroxyl groups excluding tert-OH is 1. The molecule has 4 nitrogen and oxygen atoms in total. The highest BCUT2D eigenvalue weighted by atomic mass is 19.1. The highest BCUT2D eigenvalue weighted by Gasteiger charge is 2.25. The number of aryl methyl sites for hydroxylation is 1. The largest absolute Gasteiger partial charge is 0.392 e. The quantitative estimate of drug-likeness (QED) is 0.938. The molecule has 112 valence electrons. The van der Waals surface area contributed by atoms with Gasteiger partial charge in [0.25, 0.3) is 0 Å². The molecule has 0 amide bonds. The lowest BCUT2D eigenvalue weighted by Crippen LogP contribution is -2.20. The number of aliphatic hydroxyl groups is 1. The predicted octanol–water partition coefficient (Wildman–Crippen LogP) is 3.28. The van der Waals surface area contributed by atoms with Crippen LogP contribution in [0.25, 0.3) is 11.4 Å². The summed E-state index contributed by atoms with van der Waals surface area (Å²) in [5, 5.41) is 14.0. The summed E-state index contributed by atoms with van der Waals surface area (Å²) in [6.07, 6.45) is 4.41. The smallest absolute Gasteiger partial charge is 0.229 e. The molecule has 1 saturated carbocycles. The van der Waals surface area contributed by atoms with Gasteiger partial charge in [-0.25, -0.2) is 4.39 Å². The summed E-state index contributed by atoms with van der Waals surface area (Å²) in [5.41, 5.74) is 1.17. The van der Waals surface area contributed by atoms with Crippen LogP contribution in [0.3, 0.4) is 0 Å². The molecule has 1 heterocycles. The second-order valence-corrected chi connectivity index (χ2v) is 5.79. The molecule has 1 unspecified atom stereocenters. The van der Waals surface area contributed by atoms with Gasteiger partial charge in [-0.1, -0.05) is 30.1 Å². The van der Waals surface area contributed by atoms with Crippen LogP contribution >= 0.6 is 0 Å². The van der Waals surface area contributed by atoms with E-state index >= 15 is 0 Å². The van der Waals surface area contributed by atoms with E-state index < -0.39 is 6.10 Å². The third-order valence-corrected chi connectivity index (χ3v) is 4.23. The lowest BCUT2D eigenvalue weighted by Gasteiger charge is -2.14. The van der Waals surface area contributed by atoms with Gasteiger partial charge < -0.3 is 9.63 Å². The first-order valence-electron chi connectivity index (χ1n) is 7.40. The fourth-order valence-electron chi connectivity index (χ4n) is 2.87. The summed E-state index contributed by atoms with van der Waals surface area (Å²) in [6.45, 7) is 1.71. The van der Waals surface area contributed by atoms with Gasteiger partial charge in [0.05, 0.1) is 12.5 Å². The van der Waals surface area contributed by atoms with Crippen molar-refractivity contribution in [2.45, 2.75) is 45.1 Å². The summed E-state index contributed by atoms with van der Waals surface area (Å²) < 4.78 is 18.7. The zero-order chi connectivity index (χ0) is 14.8. The van der Waals surface area contributed by atoms with Crippen molar-refractivity contribution in [1.82, 2.24) is 10.1 Å². The van der Waals surface area contributed by atoms with E-state index in [4.69, 9.17) is 4.52 Å². The van der Waals surface area contributed by atoms with Gasteiger partial charge in [0.1, 0.15) is 5.82 Å². The van der Waals surface area contributed by atoms with Crippen LogP contribution in [0, 0.1) is 18.7 Å². The summed E-state index contributed by atoms with van der Waals surface area (Å²) in [5.74, 6) is 0.815. The number of halogens is 1. The third-order valence-electron chi connectivity index (χ3n) is 4.23. The third kappa shape index (κ3) is 3.13. The second-order valence-electron chi connectivity index (χ2n) is 5.79. The number of aromatic nitrogens is 2. The zero-order valence-corrected chi connectivity index (χ0v) is 12.1. The highest BCUT2D eigenvalue weighted by molar-refractivity contribution is 5.54. The number of benzene rings is 1. The minimum Gasteiger partial charge on any atom is -0.392 e. The summed E-state index contributed by atoms with van der Waals surface area (Å²) in [7, 11) is 0. The maximum atomic E-state index is 13.6. The molecule has 3 rings (SSSR count). The number of hydrogen-bond acceptors (Lipinski definition) is 4. The summed E-state index contributed by atoms with van der Waals surface area (Å²) >= 11 is 0. The maximum Gasteiger partial charge on any atom is 0.229 e. The molecule has 21 heavy (non-hydrogen) atoms. The second kappa shape index (κ2) is 5.93. The monoisotopic (exact) mass is 290 g/mol. The van der Waals surface area contributed by atoms with Gasteiger partial charge in [0.2, 0.25) is 11.7 Å².